The van der Waals surface area contributed by atoms with Crippen LogP contribution in [0.1, 0.15) is 6.92 Å². The van der Waals surface area contributed by atoms with Crippen LogP contribution in [0.5, 0.6) is 5.75 Å². The number of benzene rings is 2. The lowest BCUT2D eigenvalue weighted by Gasteiger charge is -2.12. The quantitative estimate of drug-likeness (QED) is 0.386. The van der Waals surface area contributed by atoms with Gasteiger partial charge < -0.3 is 10.1 Å². The number of rotatable bonds is 6. The molecular formula is C21H19N5O2S. The van der Waals surface area contributed by atoms with Crippen molar-refractivity contribution < 1.29 is 9.53 Å². The van der Waals surface area contributed by atoms with Gasteiger partial charge in [-0.05, 0) is 31.2 Å². The molecule has 0 fully saturated rings. The van der Waals surface area contributed by atoms with Crippen molar-refractivity contribution in [2.45, 2.75) is 17.2 Å². The second-order valence-corrected chi connectivity index (χ2v) is 7.62. The number of para-hydroxylation sites is 1. The summed E-state index contributed by atoms with van der Waals surface area (Å²) < 4.78 is 6.96. The van der Waals surface area contributed by atoms with E-state index in [1.54, 1.807) is 24.1 Å². The fourth-order valence-corrected chi connectivity index (χ4v) is 3.72. The van der Waals surface area contributed by atoms with Crippen LogP contribution in [-0.2, 0) is 4.79 Å². The molecule has 0 bridgehead atoms. The Kier molecular flexibility index (Phi) is 5.44. The molecular weight excluding hydrogens is 386 g/mol. The van der Waals surface area contributed by atoms with E-state index in [-0.39, 0.29) is 11.2 Å². The van der Waals surface area contributed by atoms with Crippen molar-refractivity contribution in [3.05, 3.63) is 67.1 Å². The second kappa shape index (κ2) is 8.32. The van der Waals surface area contributed by atoms with Crippen LogP contribution in [0.3, 0.4) is 0 Å². The van der Waals surface area contributed by atoms with E-state index in [0.717, 1.165) is 11.1 Å². The third kappa shape index (κ3) is 4.07. The number of fused-ring (bicyclic) bond motifs is 1. The normalized spacial score (nSPS) is 11.9. The molecule has 0 aliphatic heterocycles. The number of nitrogens with one attached hydrogen (secondary N) is 1. The zero-order chi connectivity index (χ0) is 20.2. The molecule has 1 unspecified atom stereocenters. The third-order valence-electron chi connectivity index (χ3n) is 4.32. The largest absolute Gasteiger partial charge is 0.497 e. The molecule has 146 valence electrons. The van der Waals surface area contributed by atoms with E-state index in [9.17, 15) is 4.79 Å². The third-order valence-corrected chi connectivity index (χ3v) is 5.44. The molecule has 2 aromatic carbocycles. The van der Waals surface area contributed by atoms with Gasteiger partial charge in [0.05, 0.1) is 29.6 Å². The number of ether oxygens (including phenoxy) is 1. The van der Waals surface area contributed by atoms with Gasteiger partial charge in [-0.25, -0.2) is 14.6 Å². The Morgan fingerprint density at radius 2 is 1.97 bits per heavy atom. The lowest BCUT2D eigenvalue weighted by atomic mass is 10.3. The molecule has 0 aliphatic carbocycles. The van der Waals surface area contributed by atoms with Crippen LogP contribution < -0.4 is 10.1 Å². The number of hydrogen-bond donors (Lipinski definition) is 1. The summed E-state index contributed by atoms with van der Waals surface area (Å²) >= 11 is 1.37. The standard InChI is InChI=1S/C21H19N5O2S/c1-14(20(27)25-15-7-6-10-17(11-15)28-2)29-21-18-12-24-26(19(18)22-13-23-21)16-8-4-3-5-9-16/h3-14H,1-2H3,(H,25,27). The summed E-state index contributed by atoms with van der Waals surface area (Å²) in [7, 11) is 1.59. The van der Waals surface area contributed by atoms with E-state index in [1.165, 1.54) is 18.1 Å². The lowest BCUT2D eigenvalue weighted by molar-refractivity contribution is -0.115. The Balaban J connectivity index is 1.54. The van der Waals surface area contributed by atoms with Gasteiger partial charge in [-0.15, -0.1) is 0 Å². The average molecular weight is 405 g/mol. The molecule has 2 aromatic heterocycles. The number of amides is 1. The lowest BCUT2D eigenvalue weighted by Crippen LogP contribution is -2.22. The van der Waals surface area contributed by atoms with Crippen LogP contribution in [0, 0.1) is 0 Å². The molecule has 4 rings (SSSR count). The number of methoxy groups -OCH3 is 1. The first kappa shape index (κ1) is 18.9. The number of nitrogens with zero attached hydrogens (tertiary/aromatic N) is 4. The van der Waals surface area contributed by atoms with Gasteiger partial charge in [-0.1, -0.05) is 36.0 Å². The number of aromatic nitrogens is 4. The summed E-state index contributed by atoms with van der Waals surface area (Å²) in [4.78, 5) is 21.4. The molecule has 7 nitrogen and oxygen atoms in total. The van der Waals surface area contributed by atoms with Gasteiger partial charge in [0.2, 0.25) is 5.91 Å². The molecule has 2 heterocycles. The predicted octanol–water partition coefficient (Wildman–Crippen LogP) is 3.94. The zero-order valence-corrected chi connectivity index (χ0v) is 16.8. The molecule has 0 aliphatic rings. The Hall–Kier alpha value is -3.39. The van der Waals surface area contributed by atoms with E-state index >= 15 is 0 Å². The molecule has 0 saturated carbocycles. The fourth-order valence-electron chi connectivity index (χ4n) is 2.84. The van der Waals surface area contributed by atoms with Crippen molar-refractivity contribution in [2.24, 2.45) is 0 Å². The first-order valence-electron chi connectivity index (χ1n) is 9.01. The molecule has 29 heavy (non-hydrogen) atoms. The van der Waals surface area contributed by atoms with E-state index in [4.69, 9.17) is 4.74 Å². The van der Waals surface area contributed by atoms with Crippen molar-refractivity contribution in [2.75, 3.05) is 12.4 Å². The van der Waals surface area contributed by atoms with E-state index in [1.807, 2.05) is 55.5 Å². The summed E-state index contributed by atoms with van der Waals surface area (Å²) in [6.07, 6.45) is 3.23. The zero-order valence-electron chi connectivity index (χ0n) is 15.9. The molecule has 0 radical (unpaired) electrons. The molecule has 0 saturated heterocycles. The summed E-state index contributed by atoms with van der Waals surface area (Å²) in [5, 5.41) is 8.52. The summed E-state index contributed by atoms with van der Waals surface area (Å²) in [6, 6.07) is 17.0. The van der Waals surface area contributed by atoms with Crippen molar-refractivity contribution in [3.8, 4) is 11.4 Å². The van der Waals surface area contributed by atoms with E-state index in [0.29, 0.717) is 22.1 Å². The van der Waals surface area contributed by atoms with Crippen LogP contribution in [0.2, 0.25) is 0 Å². The molecule has 1 atom stereocenters. The van der Waals surface area contributed by atoms with Gasteiger partial charge in [0.1, 0.15) is 17.1 Å². The second-order valence-electron chi connectivity index (χ2n) is 6.29. The van der Waals surface area contributed by atoms with Crippen LogP contribution in [0.4, 0.5) is 5.69 Å². The number of anilines is 1. The van der Waals surface area contributed by atoms with Crippen molar-refractivity contribution >= 4 is 34.4 Å². The van der Waals surface area contributed by atoms with Crippen molar-refractivity contribution in [1.29, 1.82) is 0 Å². The van der Waals surface area contributed by atoms with Gasteiger partial charge in [0.25, 0.3) is 0 Å². The highest BCUT2D eigenvalue weighted by atomic mass is 32.2. The summed E-state index contributed by atoms with van der Waals surface area (Å²) in [6.45, 7) is 1.84. The number of thioether (sulfide) groups is 1. The Bertz CT molecular complexity index is 1150. The highest BCUT2D eigenvalue weighted by molar-refractivity contribution is 8.00. The van der Waals surface area contributed by atoms with Gasteiger partial charge in [-0.2, -0.15) is 5.10 Å². The van der Waals surface area contributed by atoms with Gasteiger partial charge in [0.15, 0.2) is 5.65 Å². The maximum absolute atomic E-state index is 12.6. The first-order valence-corrected chi connectivity index (χ1v) is 9.89. The number of carbonyl (C=O) groups is 1. The molecule has 1 N–H and O–H groups in total. The average Bonchev–Trinajstić information content (AvgIpc) is 3.19. The Morgan fingerprint density at radius 3 is 2.76 bits per heavy atom. The highest BCUT2D eigenvalue weighted by Gasteiger charge is 2.19. The van der Waals surface area contributed by atoms with E-state index < -0.39 is 0 Å². The van der Waals surface area contributed by atoms with Gasteiger partial charge in [0, 0.05) is 11.8 Å². The van der Waals surface area contributed by atoms with Crippen molar-refractivity contribution in [1.82, 2.24) is 19.7 Å². The smallest absolute Gasteiger partial charge is 0.237 e. The monoisotopic (exact) mass is 405 g/mol. The topological polar surface area (TPSA) is 81.9 Å². The van der Waals surface area contributed by atoms with Crippen LogP contribution in [-0.4, -0.2) is 38.0 Å². The summed E-state index contributed by atoms with van der Waals surface area (Å²) in [5.74, 6) is 0.569. The maximum atomic E-state index is 12.6. The minimum Gasteiger partial charge on any atom is -0.497 e. The molecule has 0 spiro atoms. The highest BCUT2D eigenvalue weighted by Crippen LogP contribution is 2.29. The minimum absolute atomic E-state index is 0.120. The maximum Gasteiger partial charge on any atom is 0.237 e. The van der Waals surface area contributed by atoms with Crippen LogP contribution in [0.25, 0.3) is 16.7 Å². The molecule has 4 aromatic rings. The SMILES string of the molecule is COc1cccc(NC(=O)C(C)Sc2ncnc3c2cnn3-c2ccccc2)c1. The van der Waals surface area contributed by atoms with Gasteiger partial charge in [-0.3, -0.25) is 4.79 Å². The first-order chi connectivity index (χ1) is 14.2. The molecule has 1 amide bonds. The summed E-state index contributed by atoms with van der Waals surface area (Å²) in [5.41, 5.74) is 2.31. The fraction of sp³-hybridized carbons (Fsp3) is 0.143. The number of carbonyl (C=O) groups excluding carboxylic acids is 1. The Morgan fingerprint density at radius 1 is 1.14 bits per heavy atom. The predicted molar refractivity (Wildman–Crippen MR) is 114 cm³/mol. The molecule has 8 heteroatoms. The number of hydrogen-bond acceptors (Lipinski definition) is 6. The van der Waals surface area contributed by atoms with Crippen LogP contribution >= 0.6 is 11.8 Å². The van der Waals surface area contributed by atoms with E-state index in [2.05, 4.69) is 20.4 Å². The Labute approximate surface area is 172 Å². The minimum atomic E-state index is -0.362. The van der Waals surface area contributed by atoms with Crippen molar-refractivity contribution in [3.63, 3.8) is 0 Å². The van der Waals surface area contributed by atoms with Crippen LogP contribution in [0.15, 0.2) is 72.1 Å². The van der Waals surface area contributed by atoms with Gasteiger partial charge >= 0.3 is 0 Å².